The van der Waals surface area contributed by atoms with Crippen LogP contribution in [0.1, 0.15) is 69.2 Å². The summed E-state index contributed by atoms with van der Waals surface area (Å²) < 4.78 is 10.4. The third-order valence-corrected chi connectivity index (χ3v) is 5.53. The van der Waals surface area contributed by atoms with Gasteiger partial charge < -0.3 is 14.8 Å². The van der Waals surface area contributed by atoms with Crippen molar-refractivity contribution >= 4 is 17.8 Å². The Bertz CT molecular complexity index is 722. The molecule has 3 saturated carbocycles. The first-order valence-corrected chi connectivity index (χ1v) is 9.57. The zero-order valence-electron chi connectivity index (χ0n) is 16.0. The van der Waals surface area contributed by atoms with Gasteiger partial charge in [0.05, 0.1) is 6.61 Å². The number of hydrogen-bond donors (Lipinski definition) is 1. The summed E-state index contributed by atoms with van der Waals surface area (Å²) in [7, 11) is 0. The maximum atomic E-state index is 12.2. The Balaban J connectivity index is 1.31. The van der Waals surface area contributed by atoms with E-state index in [9.17, 15) is 14.4 Å². The van der Waals surface area contributed by atoms with E-state index in [1.807, 2.05) is 0 Å². The van der Waals surface area contributed by atoms with Gasteiger partial charge in [0, 0.05) is 19.4 Å². The lowest BCUT2D eigenvalue weighted by Crippen LogP contribution is -2.74. The molecule has 1 amide bonds. The zero-order valence-corrected chi connectivity index (χ0v) is 16.0. The van der Waals surface area contributed by atoms with Crippen molar-refractivity contribution in [3.63, 3.8) is 0 Å². The molecular weight excluding hydrogens is 346 g/mol. The van der Waals surface area contributed by atoms with Crippen LogP contribution in [0.5, 0.6) is 5.75 Å². The summed E-state index contributed by atoms with van der Waals surface area (Å²) in [5.41, 5.74) is 0.823. The SMILES string of the molecule is CC(=O)NC12CC(CCCCCOC(=O)c3ccccc3OC(C)=O)(C1)C2. The van der Waals surface area contributed by atoms with E-state index in [1.54, 1.807) is 31.2 Å². The average molecular weight is 373 g/mol. The number of unbranched alkanes of at least 4 members (excludes halogenated alkanes) is 2. The molecule has 0 saturated heterocycles. The number of para-hydroxylation sites is 1. The molecule has 0 unspecified atom stereocenters. The van der Waals surface area contributed by atoms with Crippen LogP contribution in [0, 0.1) is 5.41 Å². The molecule has 0 radical (unpaired) electrons. The lowest BCUT2D eigenvalue weighted by Gasteiger charge is -2.71. The van der Waals surface area contributed by atoms with Gasteiger partial charge in [-0.1, -0.05) is 25.0 Å². The standard InChI is InChI=1S/C21H27NO5/c1-15(23)22-21-12-20(13-21,14-21)10-6-3-7-11-26-19(25)17-8-4-5-9-18(17)27-16(2)24/h4-5,8-9H,3,6-7,10-14H2,1-2H3,(H,22,23). The van der Waals surface area contributed by atoms with E-state index in [4.69, 9.17) is 9.47 Å². The summed E-state index contributed by atoms with van der Waals surface area (Å²) in [6.07, 6.45) is 7.45. The summed E-state index contributed by atoms with van der Waals surface area (Å²) in [4.78, 5) is 34.5. The van der Waals surface area contributed by atoms with E-state index >= 15 is 0 Å². The van der Waals surface area contributed by atoms with Gasteiger partial charge in [-0.3, -0.25) is 9.59 Å². The van der Waals surface area contributed by atoms with Gasteiger partial charge in [0.25, 0.3) is 0 Å². The molecule has 0 spiro atoms. The van der Waals surface area contributed by atoms with Crippen molar-refractivity contribution in [2.45, 2.75) is 64.3 Å². The van der Waals surface area contributed by atoms with Crippen LogP contribution < -0.4 is 10.1 Å². The molecule has 6 nitrogen and oxygen atoms in total. The molecule has 1 aromatic carbocycles. The number of hydrogen-bond acceptors (Lipinski definition) is 5. The number of carbonyl (C=O) groups excluding carboxylic acids is 3. The van der Waals surface area contributed by atoms with Crippen molar-refractivity contribution in [1.82, 2.24) is 5.32 Å². The highest BCUT2D eigenvalue weighted by Gasteiger charge is 2.67. The minimum absolute atomic E-state index is 0.0698. The number of ether oxygens (including phenoxy) is 2. The Morgan fingerprint density at radius 2 is 1.74 bits per heavy atom. The van der Waals surface area contributed by atoms with Crippen molar-refractivity contribution in [2.24, 2.45) is 5.41 Å². The van der Waals surface area contributed by atoms with Crippen molar-refractivity contribution in [3.05, 3.63) is 29.8 Å². The van der Waals surface area contributed by atoms with Gasteiger partial charge in [0.15, 0.2) is 0 Å². The lowest BCUT2D eigenvalue weighted by atomic mass is 9.38. The van der Waals surface area contributed by atoms with Crippen molar-refractivity contribution < 1.29 is 23.9 Å². The molecule has 3 aliphatic carbocycles. The van der Waals surface area contributed by atoms with Crippen molar-refractivity contribution in [1.29, 1.82) is 0 Å². The van der Waals surface area contributed by atoms with Gasteiger partial charge in [0.2, 0.25) is 5.91 Å². The maximum absolute atomic E-state index is 12.2. The van der Waals surface area contributed by atoms with Crippen LogP contribution in [0.2, 0.25) is 0 Å². The molecule has 0 aromatic heterocycles. The fourth-order valence-electron chi connectivity index (χ4n) is 4.67. The van der Waals surface area contributed by atoms with Gasteiger partial charge >= 0.3 is 11.9 Å². The highest BCUT2D eigenvalue weighted by Crippen LogP contribution is 2.69. The molecule has 6 heteroatoms. The van der Waals surface area contributed by atoms with E-state index in [0.29, 0.717) is 12.0 Å². The van der Waals surface area contributed by atoms with E-state index in [0.717, 1.165) is 38.5 Å². The van der Waals surface area contributed by atoms with E-state index in [-0.39, 0.29) is 22.8 Å². The van der Waals surface area contributed by atoms with E-state index in [2.05, 4.69) is 5.32 Å². The smallest absolute Gasteiger partial charge is 0.341 e. The van der Waals surface area contributed by atoms with Crippen LogP contribution in [-0.2, 0) is 14.3 Å². The topological polar surface area (TPSA) is 81.7 Å². The summed E-state index contributed by atoms with van der Waals surface area (Å²) in [5, 5.41) is 3.07. The van der Waals surface area contributed by atoms with Gasteiger partial charge in [-0.25, -0.2) is 4.79 Å². The molecule has 0 atom stereocenters. The number of benzene rings is 1. The minimum Gasteiger partial charge on any atom is -0.462 e. The van der Waals surface area contributed by atoms with Crippen LogP contribution >= 0.6 is 0 Å². The maximum Gasteiger partial charge on any atom is 0.341 e. The summed E-state index contributed by atoms with van der Waals surface area (Å²) >= 11 is 0. The molecule has 3 fully saturated rings. The molecule has 0 aliphatic heterocycles. The molecule has 146 valence electrons. The second-order valence-corrected chi connectivity index (χ2v) is 8.03. The number of nitrogens with one attached hydrogen (secondary N) is 1. The van der Waals surface area contributed by atoms with E-state index < -0.39 is 11.9 Å². The first-order valence-electron chi connectivity index (χ1n) is 9.57. The second kappa shape index (κ2) is 7.71. The Labute approximate surface area is 159 Å². The van der Waals surface area contributed by atoms with Crippen LogP contribution in [0.15, 0.2) is 24.3 Å². The van der Waals surface area contributed by atoms with Crippen LogP contribution in [-0.4, -0.2) is 30.0 Å². The average Bonchev–Trinajstić information content (AvgIpc) is 2.53. The number of amides is 1. The monoisotopic (exact) mass is 373 g/mol. The molecule has 27 heavy (non-hydrogen) atoms. The predicted molar refractivity (Wildman–Crippen MR) is 99.3 cm³/mol. The van der Waals surface area contributed by atoms with Crippen LogP contribution in [0.3, 0.4) is 0 Å². The molecule has 1 aromatic rings. The number of esters is 2. The third-order valence-electron chi connectivity index (χ3n) is 5.53. The molecule has 3 aliphatic rings. The normalized spacial score (nSPS) is 25.0. The molecule has 4 rings (SSSR count). The Kier molecular flexibility index (Phi) is 5.53. The highest BCUT2D eigenvalue weighted by molar-refractivity contribution is 5.93. The van der Waals surface area contributed by atoms with Gasteiger partial charge in [-0.15, -0.1) is 0 Å². The van der Waals surface area contributed by atoms with Gasteiger partial charge in [-0.2, -0.15) is 0 Å². The Morgan fingerprint density at radius 1 is 1.04 bits per heavy atom. The Hall–Kier alpha value is -2.37. The van der Waals surface area contributed by atoms with Crippen LogP contribution in [0.4, 0.5) is 0 Å². The molecule has 2 bridgehead atoms. The summed E-state index contributed by atoms with van der Waals surface area (Å²) in [5.74, 6) is -0.639. The minimum atomic E-state index is -0.469. The first kappa shape index (κ1) is 19.4. The Morgan fingerprint density at radius 3 is 2.41 bits per heavy atom. The predicted octanol–water partition coefficient (Wildman–Crippen LogP) is 3.39. The number of carbonyl (C=O) groups is 3. The quantitative estimate of drug-likeness (QED) is 0.408. The molecule has 1 N–H and O–H groups in total. The number of rotatable bonds is 9. The van der Waals surface area contributed by atoms with E-state index in [1.165, 1.54) is 13.3 Å². The molecule has 0 heterocycles. The highest BCUT2D eigenvalue weighted by atomic mass is 16.5. The first-order chi connectivity index (χ1) is 12.8. The third kappa shape index (κ3) is 4.49. The molecular formula is C21H27NO5. The largest absolute Gasteiger partial charge is 0.462 e. The van der Waals surface area contributed by atoms with Crippen molar-refractivity contribution in [3.8, 4) is 5.75 Å². The van der Waals surface area contributed by atoms with Gasteiger partial charge in [0.1, 0.15) is 11.3 Å². The second-order valence-electron chi connectivity index (χ2n) is 8.03. The van der Waals surface area contributed by atoms with Crippen molar-refractivity contribution in [2.75, 3.05) is 6.61 Å². The zero-order chi connectivity index (χ0) is 19.5. The fraction of sp³-hybridized carbons (Fsp3) is 0.571. The summed E-state index contributed by atoms with van der Waals surface area (Å²) in [6.45, 7) is 3.24. The lowest BCUT2D eigenvalue weighted by molar-refractivity contribution is -0.168. The summed E-state index contributed by atoms with van der Waals surface area (Å²) in [6, 6.07) is 6.58. The van der Waals surface area contributed by atoms with Gasteiger partial charge in [-0.05, 0) is 49.7 Å². The van der Waals surface area contributed by atoms with Crippen LogP contribution in [0.25, 0.3) is 0 Å². The fourth-order valence-corrected chi connectivity index (χ4v) is 4.67.